The van der Waals surface area contributed by atoms with E-state index in [2.05, 4.69) is 229 Å². The topological polar surface area (TPSA) is 9.86 Å². The second-order valence-corrected chi connectivity index (χ2v) is 14.4. The number of rotatable bonds is 6. The van der Waals surface area contributed by atoms with E-state index < -0.39 is 0 Å². The van der Waals surface area contributed by atoms with Gasteiger partial charge in [0.15, 0.2) is 0 Å². The molecule has 0 radical (unpaired) electrons. The molecule has 0 bridgehead atoms. The fourth-order valence-corrected chi connectivity index (χ4v) is 8.54. The molecule has 0 aliphatic rings. The molecule has 0 fully saturated rings. The van der Waals surface area contributed by atoms with Crippen LogP contribution in [0.2, 0.25) is 0 Å². The van der Waals surface area contributed by atoms with Crippen LogP contribution in [0.25, 0.3) is 101 Å². The van der Waals surface area contributed by atoms with E-state index in [-0.39, 0.29) is 0 Å². The summed E-state index contributed by atoms with van der Waals surface area (Å²) < 4.78 is 4.81. The van der Waals surface area contributed by atoms with Gasteiger partial charge in [-0.15, -0.1) is 0 Å². The molecule has 2 heteroatoms. The van der Waals surface area contributed by atoms with Crippen LogP contribution in [0.4, 0.5) is 0 Å². The molecule has 266 valence electrons. The standard InChI is InChI=1S/C54H40N2/c1-3-47-48-35-43(25-32-52(48)55(51(47)4-2)45-27-20-40(21-28-45)37-14-8-5-9-15-37)44-26-33-54-50(36-44)49-34-42(39-18-12-7-13-19-39)24-31-53(49)56(54)46-29-22-41(23-30-46)38-16-10-6-11-17-38/h3-36H,1-2H3/b47-3-,51-4+. The van der Waals surface area contributed by atoms with E-state index in [1.165, 1.54) is 87.8 Å². The summed E-state index contributed by atoms with van der Waals surface area (Å²) in [6.07, 6.45) is 4.49. The normalized spacial score (nSPS) is 12.3. The van der Waals surface area contributed by atoms with E-state index in [1.54, 1.807) is 0 Å². The first kappa shape index (κ1) is 33.4. The van der Waals surface area contributed by atoms with Crippen LogP contribution in [0.3, 0.4) is 0 Å². The zero-order chi connectivity index (χ0) is 37.6. The zero-order valence-electron chi connectivity index (χ0n) is 31.5. The predicted molar refractivity (Wildman–Crippen MR) is 239 cm³/mol. The first-order chi connectivity index (χ1) is 27.7. The Hall–Kier alpha value is -7.16. The largest absolute Gasteiger partial charge is 0.310 e. The molecule has 2 nitrogen and oxygen atoms in total. The molecule has 0 atom stereocenters. The Bertz CT molecular complexity index is 3150. The molecular formula is C54H40N2. The van der Waals surface area contributed by atoms with E-state index >= 15 is 0 Å². The van der Waals surface area contributed by atoms with Crippen molar-refractivity contribution in [1.82, 2.24) is 9.13 Å². The average Bonchev–Trinajstić information content (AvgIpc) is 3.78. The first-order valence-corrected chi connectivity index (χ1v) is 19.4. The SMILES string of the molecule is C/C=c1\c(=C/C)n(-c2ccc(-c3ccccc3)cc2)c2ccc(-c3ccc4c(c3)c3cc(-c5ccccc5)ccc3n4-c3ccc(-c4ccccc4)cc3)cc12. The number of nitrogens with zero attached hydrogens (tertiary/aromatic N) is 2. The van der Waals surface area contributed by atoms with Crippen molar-refractivity contribution in [2.24, 2.45) is 0 Å². The van der Waals surface area contributed by atoms with Gasteiger partial charge in [0, 0.05) is 38.1 Å². The van der Waals surface area contributed by atoms with Crippen molar-refractivity contribution in [3.63, 3.8) is 0 Å². The second kappa shape index (κ2) is 13.9. The lowest BCUT2D eigenvalue weighted by Crippen LogP contribution is -2.27. The van der Waals surface area contributed by atoms with Gasteiger partial charge in [-0.3, -0.25) is 0 Å². The maximum atomic E-state index is 2.41. The van der Waals surface area contributed by atoms with Crippen LogP contribution in [-0.2, 0) is 0 Å². The van der Waals surface area contributed by atoms with Crippen LogP contribution in [0, 0.1) is 0 Å². The van der Waals surface area contributed by atoms with Gasteiger partial charge in [0.05, 0.1) is 16.6 Å². The third-order valence-corrected chi connectivity index (χ3v) is 11.3. The molecule has 56 heavy (non-hydrogen) atoms. The summed E-state index contributed by atoms with van der Waals surface area (Å²) in [6, 6.07) is 70.6. The number of benzene rings is 8. The third kappa shape index (κ3) is 5.66. The van der Waals surface area contributed by atoms with Crippen LogP contribution >= 0.6 is 0 Å². The van der Waals surface area contributed by atoms with Gasteiger partial charge in [0.2, 0.25) is 0 Å². The van der Waals surface area contributed by atoms with E-state index in [0.29, 0.717) is 0 Å². The molecule has 0 saturated heterocycles. The van der Waals surface area contributed by atoms with Crippen molar-refractivity contribution >= 4 is 44.9 Å². The highest BCUT2D eigenvalue weighted by Crippen LogP contribution is 2.38. The van der Waals surface area contributed by atoms with Crippen LogP contribution in [-0.4, -0.2) is 9.13 Å². The highest BCUT2D eigenvalue weighted by molar-refractivity contribution is 6.12. The molecule has 0 unspecified atom stereocenters. The van der Waals surface area contributed by atoms with E-state index in [9.17, 15) is 0 Å². The molecule has 10 aromatic rings. The highest BCUT2D eigenvalue weighted by atomic mass is 15.0. The van der Waals surface area contributed by atoms with Crippen molar-refractivity contribution in [3.8, 4) is 55.9 Å². The summed E-state index contributed by atoms with van der Waals surface area (Å²) in [4.78, 5) is 0. The molecule has 0 aliphatic carbocycles. The monoisotopic (exact) mass is 716 g/mol. The quantitative estimate of drug-likeness (QED) is 0.162. The molecular weight excluding hydrogens is 677 g/mol. The zero-order valence-corrected chi connectivity index (χ0v) is 31.5. The Morgan fingerprint density at radius 1 is 0.304 bits per heavy atom. The van der Waals surface area contributed by atoms with Crippen molar-refractivity contribution in [2.75, 3.05) is 0 Å². The van der Waals surface area contributed by atoms with Crippen LogP contribution in [0.1, 0.15) is 13.8 Å². The maximum absolute atomic E-state index is 2.41. The van der Waals surface area contributed by atoms with Gasteiger partial charge in [-0.25, -0.2) is 0 Å². The van der Waals surface area contributed by atoms with E-state index in [1.807, 2.05) is 0 Å². The number of fused-ring (bicyclic) bond motifs is 4. The van der Waals surface area contributed by atoms with Crippen molar-refractivity contribution < 1.29 is 0 Å². The molecule has 10 rings (SSSR count). The number of hydrogen-bond acceptors (Lipinski definition) is 0. The average molecular weight is 717 g/mol. The van der Waals surface area contributed by atoms with Crippen molar-refractivity contribution in [3.05, 3.63) is 205 Å². The minimum atomic E-state index is 1.15. The van der Waals surface area contributed by atoms with E-state index in [4.69, 9.17) is 0 Å². The van der Waals surface area contributed by atoms with E-state index in [0.717, 1.165) is 11.4 Å². The molecule has 8 aromatic carbocycles. The smallest absolute Gasteiger partial charge is 0.0541 e. The summed E-state index contributed by atoms with van der Waals surface area (Å²) in [7, 11) is 0. The highest BCUT2D eigenvalue weighted by Gasteiger charge is 2.16. The summed E-state index contributed by atoms with van der Waals surface area (Å²) in [6.45, 7) is 4.29. The van der Waals surface area contributed by atoms with Gasteiger partial charge < -0.3 is 9.13 Å². The number of aromatic nitrogens is 2. The minimum Gasteiger partial charge on any atom is -0.310 e. The molecule has 0 saturated carbocycles. The van der Waals surface area contributed by atoms with Gasteiger partial charge in [-0.2, -0.15) is 0 Å². The van der Waals surface area contributed by atoms with Gasteiger partial charge in [0.1, 0.15) is 0 Å². The summed E-state index contributed by atoms with van der Waals surface area (Å²) >= 11 is 0. The summed E-state index contributed by atoms with van der Waals surface area (Å²) in [5.41, 5.74) is 15.6. The Kier molecular flexibility index (Phi) is 8.30. The lowest BCUT2D eigenvalue weighted by Gasteiger charge is -2.11. The third-order valence-electron chi connectivity index (χ3n) is 11.3. The number of hydrogen-bond donors (Lipinski definition) is 0. The summed E-state index contributed by atoms with van der Waals surface area (Å²) in [5.74, 6) is 0. The fourth-order valence-electron chi connectivity index (χ4n) is 8.54. The maximum Gasteiger partial charge on any atom is 0.0541 e. The van der Waals surface area contributed by atoms with Gasteiger partial charge in [-0.05, 0) is 119 Å². The lowest BCUT2D eigenvalue weighted by molar-refractivity contribution is 1.07. The van der Waals surface area contributed by atoms with Crippen LogP contribution in [0.15, 0.2) is 194 Å². The second-order valence-electron chi connectivity index (χ2n) is 14.4. The fraction of sp³-hybridized carbons (Fsp3) is 0.0370. The Balaban J connectivity index is 1.12. The minimum absolute atomic E-state index is 1.15. The molecule has 0 aliphatic heterocycles. The van der Waals surface area contributed by atoms with Crippen LogP contribution < -0.4 is 10.6 Å². The molecule has 0 N–H and O–H groups in total. The van der Waals surface area contributed by atoms with Crippen molar-refractivity contribution in [1.29, 1.82) is 0 Å². The molecule has 2 heterocycles. The Labute approximate surface area is 327 Å². The van der Waals surface area contributed by atoms with Crippen molar-refractivity contribution in [2.45, 2.75) is 13.8 Å². The molecule has 2 aromatic heterocycles. The summed E-state index contributed by atoms with van der Waals surface area (Å²) in [5, 5.41) is 6.19. The van der Waals surface area contributed by atoms with Gasteiger partial charge >= 0.3 is 0 Å². The Morgan fingerprint density at radius 3 is 1.07 bits per heavy atom. The van der Waals surface area contributed by atoms with Gasteiger partial charge in [-0.1, -0.05) is 146 Å². The first-order valence-electron chi connectivity index (χ1n) is 19.4. The predicted octanol–water partition coefficient (Wildman–Crippen LogP) is 13.0. The van der Waals surface area contributed by atoms with Crippen LogP contribution in [0.5, 0.6) is 0 Å². The Morgan fingerprint density at radius 2 is 0.643 bits per heavy atom. The molecule has 0 spiro atoms. The van der Waals surface area contributed by atoms with Gasteiger partial charge in [0.25, 0.3) is 0 Å². The lowest BCUT2D eigenvalue weighted by atomic mass is 9.99. The molecule has 0 amide bonds.